The molecule has 0 aliphatic carbocycles. The van der Waals surface area contributed by atoms with Gasteiger partial charge in [-0.3, -0.25) is 0 Å². The summed E-state index contributed by atoms with van der Waals surface area (Å²) >= 11 is 0. The Hall–Kier alpha value is -2.95. The van der Waals surface area contributed by atoms with Gasteiger partial charge in [0, 0.05) is 6.07 Å². The highest BCUT2D eigenvalue weighted by Crippen LogP contribution is 2.29. The molecule has 0 fully saturated rings. The van der Waals surface area contributed by atoms with E-state index in [0.717, 1.165) is 17.0 Å². The average Bonchev–Trinajstić information content (AvgIpc) is 2.62. The number of ether oxygens (including phenoxy) is 2. The first-order chi connectivity index (χ1) is 12.2. The van der Waals surface area contributed by atoms with E-state index in [4.69, 9.17) is 15.2 Å². The summed E-state index contributed by atoms with van der Waals surface area (Å²) in [5.74, 6) is 1.79. The molecular weight excluding hydrogens is 314 g/mol. The molecular formula is C20H25N3O2. The number of nitrogens with zero attached hydrogens (tertiary/aromatic N) is 1. The Morgan fingerprint density at radius 1 is 1.08 bits per heavy atom. The molecule has 0 aliphatic rings. The molecule has 0 saturated heterocycles. The van der Waals surface area contributed by atoms with Crippen molar-refractivity contribution in [3.63, 3.8) is 0 Å². The van der Waals surface area contributed by atoms with Gasteiger partial charge in [0.25, 0.3) is 0 Å². The fourth-order valence-corrected chi connectivity index (χ4v) is 2.23. The molecule has 132 valence electrons. The lowest BCUT2D eigenvalue weighted by atomic mass is 10.2. The number of benzene rings is 2. The van der Waals surface area contributed by atoms with Gasteiger partial charge in [-0.05, 0) is 31.5 Å². The van der Waals surface area contributed by atoms with Crippen LogP contribution >= 0.6 is 0 Å². The van der Waals surface area contributed by atoms with Crippen LogP contribution in [0.5, 0.6) is 11.5 Å². The van der Waals surface area contributed by atoms with Crippen molar-refractivity contribution in [3.05, 3.63) is 60.2 Å². The minimum atomic E-state index is 0.326. The Morgan fingerprint density at radius 3 is 2.56 bits per heavy atom. The Bertz CT molecular complexity index is 712. The van der Waals surface area contributed by atoms with Gasteiger partial charge >= 0.3 is 0 Å². The predicted octanol–water partition coefficient (Wildman–Crippen LogP) is 3.92. The van der Waals surface area contributed by atoms with E-state index in [9.17, 15) is 0 Å². The minimum Gasteiger partial charge on any atom is -0.494 e. The molecule has 0 aromatic heterocycles. The van der Waals surface area contributed by atoms with Gasteiger partial charge in [0.2, 0.25) is 0 Å². The van der Waals surface area contributed by atoms with Crippen molar-refractivity contribution >= 4 is 17.7 Å². The summed E-state index contributed by atoms with van der Waals surface area (Å²) in [6.07, 6.45) is 3.97. The van der Waals surface area contributed by atoms with Crippen LogP contribution in [0.2, 0.25) is 0 Å². The topological polar surface area (TPSA) is 68.9 Å². The van der Waals surface area contributed by atoms with Crippen LogP contribution in [0.3, 0.4) is 0 Å². The lowest BCUT2D eigenvalue weighted by molar-refractivity contribution is 0.332. The van der Waals surface area contributed by atoms with E-state index in [1.807, 2.05) is 74.5 Å². The van der Waals surface area contributed by atoms with E-state index in [2.05, 4.69) is 10.3 Å². The van der Waals surface area contributed by atoms with Gasteiger partial charge in [-0.2, -0.15) is 0 Å². The first-order valence-corrected chi connectivity index (χ1v) is 8.41. The lowest BCUT2D eigenvalue weighted by Crippen LogP contribution is -2.23. The smallest absolute Gasteiger partial charge is 0.193 e. The summed E-state index contributed by atoms with van der Waals surface area (Å²) in [4.78, 5) is 4.31. The fraction of sp³-hybridized carbons (Fsp3) is 0.250. The molecule has 0 radical (unpaired) electrons. The van der Waals surface area contributed by atoms with Crippen molar-refractivity contribution in [3.8, 4) is 11.5 Å². The van der Waals surface area contributed by atoms with Crippen molar-refractivity contribution in [2.24, 2.45) is 10.7 Å². The highest BCUT2D eigenvalue weighted by Gasteiger charge is 2.06. The van der Waals surface area contributed by atoms with Crippen molar-refractivity contribution in [1.29, 1.82) is 0 Å². The molecule has 3 N–H and O–H groups in total. The third-order valence-corrected chi connectivity index (χ3v) is 3.30. The number of nitrogens with one attached hydrogen (secondary N) is 1. The highest BCUT2D eigenvalue weighted by atomic mass is 16.5. The number of guanidine groups is 1. The van der Waals surface area contributed by atoms with Gasteiger partial charge in [-0.1, -0.05) is 42.5 Å². The largest absolute Gasteiger partial charge is 0.494 e. The molecule has 2 aromatic carbocycles. The number of nitrogens with two attached hydrogens (primary N) is 1. The van der Waals surface area contributed by atoms with Gasteiger partial charge in [0.15, 0.2) is 5.96 Å². The molecule has 5 nitrogen and oxygen atoms in total. The first kappa shape index (κ1) is 18.4. The number of hydrogen-bond acceptors (Lipinski definition) is 3. The summed E-state index contributed by atoms with van der Waals surface area (Å²) in [6.45, 7) is 5.54. The summed E-state index contributed by atoms with van der Waals surface area (Å²) < 4.78 is 11.1. The summed E-state index contributed by atoms with van der Waals surface area (Å²) in [5.41, 5.74) is 7.85. The normalized spacial score (nSPS) is 11.5. The van der Waals surface area contributed by atoms with Crippen LogP contribution in [0.15, 0.2) is 59.6 Å². The van der Waals surface area contributed by atoms with Gasteiger partial charge in [0.05, 0.1) is 25.4 Å². The summed E-state index contributed by atoms with van der Waals surface area (Å²) in [5, 5.41) is 3.08. The van der Waals surface area contributed by atoms with E-state index in [1.165, 1.54) is 0 Å². The molecule has 25 heavy (non-hydrogen) atoms. The third kappa shape index (κ3) is 6.22. The Balaban J connectivity index is 2.01. The number of aliphatic imine (C=N–C) groups is 1. The minimum absolute atomic E-state index is 0.326. The second-order valence-electron chi connectivity index (χ2n) is 5.19. The summed E-state index contributed by atoms with van der Waals surface area (Å²) in [7, 11) is 0. The molecule has 0 atom stereocenters. The van der Waals surface area contributed by atoms with E-state index >= 15 is 0 Å². The van der Waals surface area contributed by atoms with Crippen LogP contribution in [-0.2, 0) is 0 Å². The van der Waals surface area contributed by atoms with Gasteiger partial charge in [-0.25, -0.2) is 4.99 Å². The van der Waals surface area contributed by atoms with Crippen LogP contribution < -0.4 is 20.5 Å². The quantitative estimate of drug-likeness (QED) is 0.565. The molecule has 0 saturated carbocycles. The Labute approximate surface area is 149 Å². The second-order valence-corrected chi connectivity index (χ2v) is 5.19. The van der Waals surface area contributed by atoms with Crippen LogP contribution in [0.25, 0.3) is 6.08 Å². The highest BCUT2D eigenvalue weighted by molar-refractivity contribution is 5.94. The second kappa shape index (κ2) is 10.0. The molecule has 0 bridgehead atoms. The molecule has 5 heteroatoms. The fourth-order valence-electron chi connectivity index (χ4n) is 2.23. The third-order valence-electron chi connectivity index (χ3n) is 3.30. The van der Waals surface area contributed by atoms with Crippen LogP contribution in [-0.4, -0.2) is 25.7 Å². The van der Waals surface area contributed by atoms with E-state index < -0.39 is 0 Å². The van der Waals surface area contributed by atoms with Gasteiger partial charge in [0.1, 0.15) is 11.5 Å². The zero-order valence-electron chi connectivity index (χ0n) is 14.7. The zero-order valence-corrected chi connectivity index (χ0v) is 14.7. The number of anilines is 1. The van der Waals surface area contributed by atoms with Crippen molar-refractivity contribution in [1.82, 2.24) is 0 Å². The maximum atomic E-state index is 5.98. The predicted molar refractivity (Wildman–Crippen MR) is 104 cm³/mol. The molecule has 0 unspecified atom stereocenters. The van der Waals surface area contributed by atoms with Crippen molar-refractivity contribution in [2.45, 2.75) is 13.8 Å². The molecule has 2 rings (SSSR count). The van der Waals surface area contributed by atoms with Gasteiger partial charge in [-0.15, -0.1) is 0 Å². The van der Waals surface area contributed by atoms with Gasteiger partial charge < -0.3 is 20.5 Å². The average molecular weight is 339 g/mol. The molecule has 0 heterocycles. The van der Waals surface area contributed by atoms with Crippen molar-refractivity contribution in [2.75, 3.05) is 25.1 Å². The van der Waals surface area contributed by atoms with E-state index in [1.54, 1.807) is 0 Å². The molecule has 0 spiro atoms. The van der Waals surface area contributed by atoms with Crippen LogP contribution in [0, 0.1) is 0 Å². The SMILES string of the molecule is CCOc1ccc(OCC)c(NC(N)=NCC=Cc2ccccc2)c1. The maximum absolute atomic E-state index is 5.98. The molecule has 2 aromatic rings. The standard InChI is InChI=1S/C20H25N3O2/c1-3-24-17-12-13-19(25-4-2)18(15-17)23-20(21)22-14-8-11-16-9-6-5-7-10-16/h5-13,15H,3-4,14H2,1-2H3,(H3,21,22,23). The van der Waals surface area contributed by atoms with E-state index in [-0.39, 0.29) is 0 Å². The van der Waals surface area contributed by atoms with Crippen LogP contribution in [0.1, 0.15) is 19.4 Å². The number of hydrogen-bond donors (Lipinski definition) is 2. The maximum Gasteiger partial charge on any atom is 0.193 e. The monoisotopic (exact) mass is 339 g/mol. The Morgan fingerprint density at radius 2 is 1.84 bits per heavy atom. The first-order valence-electron chi connectivity index (χ1n) is 8.41. The van der Waals surface area contributed by atoms with Crippen LogP contribution in [0.4, 0.5) is 5.69 Å². The summed E-state index contributed by atoms with van der Waals surface area (Å²) in [6, 6.07) is 15.7. The molecule has 0 aliphatic heterocycles. The Kier molecular flexibility index (Phi) is 7.38. The molecule has 0 amide bonds. The van der Waals surface area contributed by atoms with E-state index in [0.29, 0.717) is 31.5 Å². The number of rotatable bonds is 8. The zero-order chi connectivity index (χ0) is 17.9. The lowest BCUT2D eigenvalue weighted by Gasteiger charge is -2.13. The van der Waals surface area contributed by atoms with Crippen molar-refractivity contribution < 1.29 is 9.47 Å².